The Labute approximate surface area is 91.1 Å². The molecule has 0 aromatic heterocycles. The highest BCUT2D eigenvalue weighted by molar-refractivity contribution is 5.02. The SMILES string of the molecule is O[C@@H]1CN2C3CCCCC3CCC2[C@@H]1O. The Morgan fingerprint density at radius 3 is 2.53 bits per heavy atom. The Morgan fingerprint density at radius 2 is 1.67 bits per heavy atom. The van der Waals surface area contributed by atoms with E-state index in [0.717, 1.165) is 12.3 Å². The van der Waals surface area contributed by atoms with Crippen LogP contribution in [-0.2, 0) is 0 Å². The molecule has 0 aromatic carbocycles. The van der Waals surface area contributed by atoms with Crippen molar-refractivity contribution in [1.82, 2.24) is 4.90 Å². The monoisotopic (exact) mass is 211 g/mol. The Morgan fingerprint density at radius 1 is 0.867 bits per heavy atom. The minimum atomic E-state index is -0.504. The molecule has 0 spiro atoms. The smallest absolute Gasteiger partial charge is 0.0966 e. The van der Waals surface area contributed by atoms with Gasteiger partial charge < -0.3 is 10.2 Å². The second-order valence-electron chi connectivity index (χ2n) is 5.51. The molecule has 2 saturated heterocycles. The molecule has 3 nitrogen and oxygen atoms in total. The predicted octanol–water partition coefficient (Wildman–Crippen LogP) is 0.745. The second-order valence-corrected chi connectivity index (χ2v) is 5.51. The van der Waals surface area contributed by atoms with Gasteiger partial charge in [-0.2, -0.15) is 0 Å². The van der Waals surface area contributed by atoms with Crippen LogP contribution in [0.5, 0.6) is 0 Å². The molecule has 0 aromatic rings. The van der Waals surface area contributed by atoms with E-state index in [4.69, 9.17) is 0 Å². The van der Waals surface area contributed by atoms with Gasteiger partial charge in [0.1, 0.15) is 0 Å². The van der Waals surface area contributed by atoms with Crippen LogP contribution in [0.15, 0.2) is 0 Å². The van der Waals surface area contributed by atoms with Gasteiger partial charge in [0, 0.05) is 18.6 Å². The standard InChI is InChI=1S/C12H21NO2/c14-11-7-13-9-4-2-1-3-8(9)5-6-10(13)12(11)15/h8-12,14-15H,1-7H2/t8?,9?,10?,11-,12+/m1/s1. The topological polar surface area (TPSA) is 43.7 Å². The van der Waals surface area contributed by atoms with Crippen LogP contribution in [-0.4, -0.2) is 45.9 Å². The van der Waals surface area contributed by atoms with Crippen molar-refractivity contribution >= 4 is 0 Å². The first-order valence-electron chi connectivity index (χ1n) is 6.39. The third-order valence-corrected chi connectivity index (χ3v) is 4.74. The summed E-state index contributed by atoms with van der Waals surface area (Å²) in [6, 6.07) is 0.906. The summed E-state index contributed by atoms with van der Waals surface area (Å²) in [4.78, 5) is 2.41. The van der Waals surface area contributed by atoms with Crippen molar-refractivity contribution in [2.75, 3.05) is 6.54 Å². The average molecular weight is 211 g/mol. The Hall–Kier alpha value is -0.120. The number of fused-ring (bicyclic) bond motifs is 3. The zero-order chi connectivity index (χ0) is 10.4. The number of hydrogen-bond acceptors (Lipinski definition) is 3. The number of nitrogens with zero attached hydrogens (tertiary/aromatic N) is 1. The van der Waals surface area contributed by atoms with Gasteiger partial charge in [0.15, 0.2) is 0 Å². The van der Waals surface area contributed by atoms with E-state index in [1.165, 1.54) is 32.1 Å². The molecule has 2 N–H and O–H groups in total. The van der Waals surface area contributed by atoms with Crippen LogP contribution in [0, 0.1) is 5.92 Å². The maximum absolute atomic E-state index is 9.89. The summed E-state index contributed by atoms with van der Waals surface area (Å²) >= 11 is 0. The highest BCUT2D eigenvalue weighted by atomic mass is 16.3. The predicted molar refractivity (Wildman–Crippen MR) is 57.5 cm³/mol. The maximum Gasteiger partial charge on any atom is 0.0966 e. The van der Waals surface area contributed by atoms with E-state index in [0.29, 0.717) is 12.6 Å². The molecule has 0 amide bonds. The van der Waals surface area contributed by atoms with Gasteiger partial charge in [-0.25, -0.2) is 0 Å². The molecule has 2 aliphatic heterocycles. The molecular formula is C12H21NO2. The van der Waals surface area contributed by atoms with Gasteiger partial charge in [0.2, 0.25) is 0 Å². The van der Waals surface area contributed by atoms with Crippen molar-refractivity contribution in [2.45, 2.75) is 62.8 Å². The third kappa shape index (κ3) is 1.52. The van der Waals surface area contributed by atoms with E-state index in [9.17, 15) is 10.2 Å². The normalized spacial score (nSPS) is 51.2. The van der Waals surface area contributed by atoms with E-state index in [2.05, 4.69) is 4.90 Å². The molecule has 0 radical (unpaired) electrons. The van der Waals surface area contributed by atoms with E-state index >= 15 is 0 Å². The number of hydrogen-bond donors (Lipinski definition) is 2. The molecule has 2 heterocycles. The lowest BCUT2D eigenvalue weighted by Crippen LogP contribution is -2.51. The van der Waals surface area contributed by atoms with E-state index in [1.54, 1.807) is 0 Å². The lowest BCUT2D eigenvalue weighted by Gasteiger charge is -2.46. The first-order chi connectivity index (χ1) is 7.27. The Bertz CT molecular complexity index is 246. The van der Waals surface area contributed by atoms with E-state index < -0.39 is 12.2 Å². The second kappa shape index (κ2) is 3.72. The van der Waals surface area contributed by atoms with E-state index in [-0.39, 0.29) is 6.04 Å². The van der Waals surface area contributed by atoms with Crippen LogP contribution in [0.1, 0.15) is 38.5 Å². The first-order valence-corrected chi connectivity index (χ1v) is 6.39. The van der Waals surface area contributed by atoms with Crippen molar-refractivity contribution in [3.63, 3.8) is 0 Å². The van der Waals surface area contributed by atoms with Gasteiger partial charge in [-0.05, 0) is 31.6 Å². The van der Waals surface area contributed by atoms with Gasteiger partial charge in [0.25, 0.3) is 0 Å². The molecular weight excluding hydrogens is 190 g/mol. The van der Waals surface area contributed by atoms with Crippen molar-refractivity contribution in [3.8, 4) is 0 Å². The van der Waals surface area contributed by atoms with Gasteiger partial charge in [-0.15, -0.1) is 0 Å². The van der Waals surface area contributed by atoms with Crippen LogP contribution < -0.4 is 0 Å². The number of aliphatic hydroxyl groups is 2. The zero-order valence-electron chi connectivity index (χ0n) is 9.18. The van der Waals surface area contributed by atoms with Gasteiger partial charge >= 0.3 is 0 Å². The summed E-state index contributed by atoms with van der Waals surface area (Å²) < 4.78 is 0. The van der Waals surface area contributed by atoms with Crippen LogP contribution in [0.3, 0.4) is 0 Å². The minimum absolute atomic E-state index is 0.249. The Balaban J connectivity index is 1.79. The van der Waals surface area contributed by atoms with Crippen LogP contribution >= 0.6 is 0 Å². The summed E-state index contributed by atoms with van der Waals surface area (Å²) in [6.07, 6.45) is 6.69. The van der Waals surface area contributed by atoms with E-state index in [1.807, 2.05) is 0 Å². The van der Waals surface area contributed by atoms with Crippen molar-refractivity contribution in [1.29, 1.82) is 0 Å². The quantitative estimate of drug-likeness (QED) is 0.621. The number of rotatable bonds is 0. The zero-order valence-corrected chi connectivity index (χ0v) is 9.18. The lowest BCUT2D eigenvalue weighted by atomic mass is 9.76. The molecule has 3 fully saturated rings. The summed E-state index contributed by atoms with van der Waals surface area (Å²) in [5.74, 6) is 0.840. The number of piperidine rings is 1. The molecule has 0 bridgehead atoms. The third-order valence-electron chi connectivity index (χ3n) is 4.74. The van der Waals surface area contributed by atoms with Gasteiger partial charge in [0.05, 0.1) is 12.2 Å². The van der Waals surface area contributed by atoms with Crippen molar-refractivity contribution < 1.29 is 10.2 Å². The minimum Gasteiger partial charge on any atom is -0.389 e. The maximum atomic E-state index is 9.89. The summed E-state index contributed by atoms with van der Waals surface area (Å²) in [6.45, 7) is 0.701. The lowest BCUT2D eigenvalue weighted by molar-refractivity contribution is -0.000142. The van der Waals surface area contributed by atoms with Crippen molar-refractivity contribution in [3.05, 3.63) is 0 Å². The molecule has 3 rings (SSSR count). The summed E-state index contributed by atoms with van der Waals surface area (Å²) in [5.41, 5.74) is 0. The molecule has 3 heteroatoms. The number of aliphatic hydroxyl groups excluding tert-OH is 2. The van der Waals surface area contributed by atoms with Gasteiger partial charge in [-0.3, -0.25) is 4.90 Å². The summed E-state index contributed by atoms with van der Waals surface area (Å²) in [5, 5.41) is 19.6. The van der Waals surface area contributed by atoms with Crippen LogP contribution in [0.2, 0.25) is 0 Å². The molecule has 1 aliphatic carbocycles. The molecule has 86 valence electrons. The highest BCUT2D eigenvalue weighted by Gasteiger charge is 2.47. The van der Waals surface area contributed by atoms with Gasteiger partial charge in [-0.1, -0.05) is 12.8 Å². The molecule has 3 unspecified atom stereocenters. The fraction of sp³-hybridized carbons (Fsp3) is 1.00. The molecule has 5 atom stereocenters. The average Bonchev–Trinajstić information content (AvgIpc) is 2.56. The summed E-state index contributed by atoms with van der Waals surface area (Å²) in [7, 11) is 0. The fourth-order valence-electron chi connectivity index (χ4n) is 3.98. The molecule has 1 saturated carbocycles. The highest BCUT2D eigenvalue weighted by Crippen LogP contribution is 2.41. The largest absolute Gasteiger partial charge is 0.389 e. The molecule has 15 heavy (non-hydrogen) atoms. The Kier molecular flexibility index (Phi) is 2.49. The molecule has 3 aliphatic rings. The van der Waals surface area contributed by atoms with Crippen LogP contribution in [0.4, 0.5) is 0 Å². The first kappa shape index (κ1) is 10.1. The van der Waals surface area contributed by atoms with Crippen LogP contribution in [0.25, 0.3) is 0 Å². The fourth-order valence-corrected chi connectivity index (χ4v) is 3.98. The van der Waals surface area contributed by atoms with Crippen molar-refractivity contribution in [2.24, 2.45) is 5.92 Å².